The van der Waals surface area contributed by atoms with Gasteiger partial charge in [0, 0.05) is 26.1 Å². The molecule has 2 heterocycles. The highest BCUT2D eigenvalue weighted by Crippen LogP contribution is 2.16. The van der Waals surface area contributed by atoms with E-state index in [0.29, 0.717) is 13.2 Å². The number of hydrogen-bond acceptors (Lipinski definition) is 4. The molecule has 1 aromatic heterocycles. The molecule has 4 rings (SSSR count). The molecule has 1 unspecified atom stereocenters. The molecule has 0 bridgehead atoms. The van der Waals surface area contributed by atoms with Gasteiger partial charge < -0.3 is 15.4 Å². The third-order valence-electron chi connectivity index (χ3n) is 5.09. The quantitative estimate of drug-likeness (QED) is 0.297. The SMILES string of the molecule is CCNC(=NCc1ccc2ccccc2c1)NC1CCc2nc(COC)nn2C1.I. The van der Waals surface area contributed by atoms with E-state index < -0.39 is 0 Å². The zero-order valence-electron chi connectivity index (χ0n) is 17.5. The number of hydrogen-bond donors (Lipinski definition) is 2. The van der Waals surface area contributed by atoms with Gasteiger partial charge in [-0.3, -0.25) is 0 Å². The van der Waals surface area contributed by atoms with E-state index in [2.05, 4.69) is 70.1 Å². The summed E-state index contributed by atoms with van der Waals surface area (Å²) in [4.78, 5) is 9.35. The van der Waals surface area contributed by atoms with Gasteiger partial charge in [0.2, 0.25) is 0 Å². The molecule has 1 aliphatic rings. The minimum Gasteiger partial charge on any atom is -0.377 e. The van der Waals surface area contributed by atoms with E-state index in [9.17, 15) is 0 Å². The summed E-state index contributed by atoms with van der Waals surface area (Å²) < 4.78 is 7.14. The Hall–Kier alpha value is -2.20. The van der Waals surface area contributed by atoms with Gasteiger partial charge in [-0.15, -0.1) is 24.0 Å². The molecule has 0 aliphatic carbocycles. The second-order valence-corrected chi connectivity index (χ2v) is 7.32. The summed E-state index contributed by atoms with van der Waals surface area (Å²) >= 11 is 0. The van der Waals surface area contributed by atoms with Crippen molar-refractivity contribution in [2.75, 3.05) is 13.7 Å². The maximum atomic E-state index is 5.15. The van der Waals surface area contributed by atoms with Crippen LogP contribution in [-0.4, -0.2) is 40.4 Å². The van der Waals surface area contributed by atoms with Crippen LogP contribution < -0.4 is 10.6 Å². The molecule has 7 nitrogen and oxygen atoms in total. The number of rotatable bonds is 6. The Morgan fingerprint density at radius 2 is 2.07 bits per heavy atom. The van der Waals surface area contributed by atoms with Crippen molar-refractivity contribution < 1.29 is 4.74 Å². The molecule has 0 saturated carbocycles. The number of aryl methyl sites for hydroxylation is 1. The van der Waals surface area contributed by atoms with E-state index in [-0.39, 0.29) is 30.0 Å². The third kappa shape index (κ3) is 5.48. The maximum Gasteiger partial charge on any atom is 0.191 e. The molecule has 30 heavy (non-hydrogen) atoms. The fraction of sp³-hybridized carbons (Fsp3) is 0.409. The van der Waals surface area contributed by atoms with Crippen molar-refractivity contribution in [3.8, 4) is 0 Å². The smallest absolute Gasteiger partial charge is 0.191 e. The summed E-state index contributed by atoms with van der Waals surface area (Å²) in [7, 11) is 1.67. The number of halogens is 1. The van der Waals surface area contributed by atoms with Crippen molar-refractivity contribution in [3.05, 3.63) is 59.7 Å². The van der Waals surface area contributed by atoms with Gasteiger partial charge in [0.05, 0.1) is 13.1 Å². The lowest BCUT2D eigenvalue weighted by atomic mass is 10.1. The minimum atomic E-state index is 0. The van der Waals surface area contributed by atoms with Crippen molar-refractivity contribution >= 4 is 40.7 Å². The third-order valence-corrected chi connectivity index (χ3v) is 5.09. The van der Waals surface area contributed by atoms with Crippen molar-refractivity contribution in [3.63, 3.8) is 0 Å². The van der Waals surface area contributed by atoms with E-state index in [1.54, 1.807) is 7.11 Å². The Labute approximate surface area is 194 Å². The number of fused-ring (bicyclic) bond motifs is 2. The van der Waals surface area contributed by atoms with E-state index in [4.69, 9.17) is 9.73 Å². The lowest BCUT2D eigenvalue weighted by Gasteiger charge is -2.25. The van der Waals surface area contributed by atoms with E-state index >= 15 is 0 Å². The largest absolute Gasteiger partial charge is 0.377 e. The highest BCUT2D eigenvalue weighted by molar-refractivity contribution is 14.0. The van der Waals surface area contributed by atoms with Crippen molar-refractivity contribution in [2.45, 2.75) is 45.5 Å². The first kappa shape index (κ1) is 22.5. The Morgan fingerprint density at radius 3 is 2.87 bits per heavy atom. The van der Waals surface area contributed by atoms with Crippen molar-refractivity contribution in [2.24, 2.45) is 4.99 Å². The second-order valence-electron chi connectivity index (χ2n) is 7.32. The summed E-state index contributed by atoms with van der Waals surface area (Å²) in [5.74, 6) is 2.62. The number of methoxy groups -OCH3 is 1. The van der Waals surface area contributed by atoms with Crippen LogP contribution in [0.5, 0.6) is 0 Å². The highest BCUT2D eigenvalue weighted by Gasteiger charge is 2.22. The zero-order valence-corrected chi connectivity index (χ0v) is 19.8. The van der Waals surface area contributed by atoms with Gasteiger partial charge in [-0.05, 0) is 35.7 Å². The molecule has 0 fully saturated rings. The standard InChI is InChI=1S/C22H28N6O.HI/c1-3-23-22(24-13-16-8-9-17-6-4-5-7-18(17)12-16)25-19-10-11-21-26-20(15-29-2)27-28(21)14-19;/h4-9,12,19H,3,10-11,13-15H2,1-2H3,(H2,23,24,25);1H. The average Bonchev–Trinajstić information content (AvgIpc) is 3.14. The lowest BCUT2D eigenvalue weighted by Crippen LogP contribution is -2.47. The summed E-state index contributed by atoms with van der Waals surface area (Å²) in [5, 5.41) is 14.0. The van der Waals surface area contributed by atoms with E-state index in [1.807, 2.05) is 4.68 Å². The van der Waals surface area contributed by atoms with Crippen molar-refractivity contribution in [1.29, 1.82) is 0 Å². The van der Waals surface area contributed by atoms with Gasteiger partial charge in [-0.25, -0.2) is 14.7 Å². The van der Waals surface area contributed by atoms with Crippen molar-refractivity contribution in [1.82, 2.24) is 25.4 Å². The van der Waals surface area contributed by atoms with Crippen LogP contribution in [0.1, 0.15) is 30.6 Å². The zero-order chi connectivity index (χ0) is 20.1. The van der Waals surface area contributed by atoms with Crippen LogP contribution in [0.3, 0.4) is 0 Å². The number of nitrogens with one attached hydrogen (secondary N) is 2. The predicted octanol–water partition coefficient (Wildman–Crippen LogP) is 3.27. The molecule has 0 saturated heterocycles. The molecule has 0 spiro atoms. The Bertz CT molecular complexity index is 1000. The number of ether oxygens (including phenoxy) is 1. The molecular formula is C22H29IN6O. The molecule has 1 aliphatic heterocycles. The Kier molecular flexibility index (Phi) is 8.03. The Morgan fingerprint density at radius 1 is 1.23 bits per heavy atom. The monoisotopic (exact) mass is 520 g/mol. The van der Waals surface area contributed by atoms with Gasteiger partial charge in [0.15, 0.2) is 11.8 Å². The summed E-state index contributed by atoms with van der Waals surface area (Å²) in [6.07, 6.45) is 1.91. The first-order valence-electron chi connectivity index (χ1n) is 10.2. The number of aliphatic imine (C=N–C) groups is 1. The Balaban J connectivity index is 0.00000256. The van der Waals surface area contributed by atoms with Gasteiger partial charge in [0.25, 0.3) is 0 Å². The van der Waals surface area contributed by atoms with E-state index in [1.165, 1.54) is 16.3 Å². The molecule has 0 radical (unpaired) electrons. The summed E-state index contributed by atoms with van der Waals surface area (Å²) in [6.45, 7) is 4.78. The van der Waals surface area contributed by atoms with Crippen LogP contribution in [0.4, 0.5) is 0 Å². The number of benzene rings is 2. The molecule has 2 aromatic carbocycles. The van der Waals surface area contributed by atoms with Crippen LogP contribution in [0.2, 0.25) is 0 Å². The summed E-state index contributed by atoms with van der Waals surface area (Å²) in [6, 6.07) is 15.2. The predicted molar refractivity (Wildman–Crippen MR) is 130 cm³/mol. The number of nitrogens with zero attached hydrogens (tertiary/aromatic N) is 4. The molecule has 160 valence electrons. The van der Waals surface area contributed by atoms with Gasteiger partial charge in [0.1, 0.15) is 12.4 Å². The van der Waals surface area contributed by atoms with Crippen LogP contribution in [-0.2, 0) is 30.9 Å². The normalized spacial score (nSPS) is 16.1. The van der Waals surface area contributed by atoms with Gasteiger partial charge in [-0.1, -0.05) is 36.4 Å². The number of guanidine groups is 1. The van der Waals surface area contributed by atoms with E-state index in [0.717, 1.165) is 43.5 Å². The van der Waals surface area contributed by atoms with Crippen LogP contribution >= 0.6 is 24.0 Å². The molecule has 1 atom stereocenters. The van der Waals surface area contributed by atoms with Gasteiger partial charge >= 0.3 is 0 Å². The van der Waals surface area contributed by atoms with Crippen LogP contribution in [0, 0.1) is 0 Å². The number of aromatic nitrogens is 3. The molecule has 0 amide bonds. The van der Waals surface area contributed by atoms with Crippen LogP contribution in [0.15, 0.2) is 47.5 Å². The second kappa shape index (κ2) is 10.7. The maximum absolute atomic E-state index is 5.15. The fourth-order valence-corrected chi connectivity index (χ4v) is 3.69. The lowest BCUT2D eigenvalue weighted by molar-refractivity contribution is 0.177. The first-order chi connectivity index (χ1) is 14.2. The minimum absolute atomic E-state index is 0. The van der Waals surface area contributed by atoms with Gasteiger partial charge in [-0.2, -0.15) is 5.10 Å². The molecular weight excluding hydrogens is 491 g/mol. The fourth-order valence-electron chi connectivity index (χ4n) is 3.69. The molecule has 3 aromatic rings. The topological polar surface area (TPSA) is 76.4 Å². The summed E-state index contributed by atoms with van der Waals surface area (Å²) in [5.41, 5.74) is 1.20. The first-order valence-corrected chi connectivity index (χ1v) is 10.2. The highest BCUT2D eigenvalue weighted by atomic mass is 127. The average molecular weight is 520 g/mol. The molecule has 8 heteroatoms. The van der Waals surface area contributed by atoms with Crippen LogP contribution in [0.25, 0.3) is 10.8 Å². The molecule has 2 N–H and O–H groups in total.